The van der Waals surface area contributed by atoms with Crippen molar-refractivity contribution in [3.8, 4) is 0 Å². The summed E-state index contributed by atoms with van der Waals surface area (Å²) in [6.45, 7) is 5.14. The van der Waals surface area contributed by atoms with Crippen molar-refractivity contribution in [1.29, 1.82) is 0 Å². The summed E-state index contributed by atoms with van der Waals surface area (Å²) >= 11 is 0. The number of nitrogens with one attached hydrogen (secondary N) is 1. The van der Waals surface area contributed by atoms with Gasteiger partial charge in [-0.3, -0.25) is 9.59 Å². The second-order valence-corrected chi connectivity index (χ2v) is 8.36. The molecule has 2 amide bonds. The lowest BCUT2D eigenvalue weighted by atomic mass is 9.57. The van der Waals surface area contributed by atoms with E-state index in [2.05, 4.69) is 16.9 Å². The Balaban J connectivity index is 1.38. The second-order valence-electron chi connectivity index (χ2n) is 8.36. The molecule has 2 fully saturated rings. The first kappa shape index (κ1) is 18.5. The summed E-state index contributed by atoms with van der Waals surface area (Å²) in [5.41, 5.74) is 1.92. The Morgan fingerprint density at radius 3 is 2.71 bits per heavy atom. The van der Waals surface area contributed by atoms with Crippen molar-refractivity contribution < 1.29 is 9.59 Å². The van der Waals surface area contributed by atoms with E-state index in [0.717, 1.165) is 48.3 Å². The Kier molecular flexibility index (Phi) is 4.57. The lowest BCUT2D eigenvalue weighted by Gasteiger charge is -2.59. The fourth-order valence-electron chi connectivity index (χ4n) is 4.57. The number of carbonyl (C=O) groups excluding carboxylic acids is 2. The van der Waals surface area contributed by atoms with Crippen LogP contribution in [0, 0.1) is 11.3 Å². The molecule has 0 bridgehead atoms. The minimum Gasteiger partial charge on any atom is -0.363 e. The molecule has 0 radical (unpaired) electrons. The highest BCUT2D eigenvalue weighted by atomic mass is 16.2. The minimum atomic E-state index is 0.00748. The number of nitrogens with zero attached hydrogens (tertiary/aromatic N) is 3. The summed E-state index contributed by atoms with van der Waals surface area (Å²) in [5, 5.41) is 4.04. The lowest BCUT2D eigenvalue weighted by Crippen LogP contribution is -2.63. The SMILES string of the molecule is C=CC(=O)N1CC2(CC(CC(=O)Nc3cc(N(C)C)nc4ccccc34)C2)C1. The number of hydrogen-bond donors (Lipinski definition) is 1. The third-order valence-corrected chi connectivity index (χ3v) is 5.89. The second kappa shape index (κ2) is 6.93. The van der Waals surface area contributed by atoms with Crippen molar-refractivity contribution in [3.05, 3.63) is 43.0 Å². The van der Waals surface area contributed by atoms with Crippen molar-refractivity contribution in [3.63, 3.8) is 0 Å². The van der Waals surface area contributed by atoms with Crippen LogP contribution in [0.25, 0.3) is 10.9 Å². The zero-order valence-corrected chi connectivity index (χ0v) is 16.4. The van der Waals surface area contributed by atoms with Crippen LogP contribution >= 0.6 is 0 Å². The average Bonchev–Trinajstić information content (AvgIpc) is 2.61. The van der Waals surface area contributed by atoms with E-state index in [1.54, 1.807) is 0 Å². The molecule has 0 atom stereocenters. The molecule has 1 aromatic heterocycles. The maximum absolute atomic E-state index is 12.7. The van der Waals surface area contributed by atoms with Gasteiger partial charge >= 0.3 is 0 Å². The van der Waals surface area contributed by atoms with Gasteiger partial charge in [0.2, 0.25) is 11.8 Å². The molecule has 6 heteroatoms. The number of benzene rings is 1. The number of para-hydroxylation sites is 1. The predicted molar refractivity (Wildman–Crippen MR) is 111 cm³/mol. The molecule has 1 aliphatic heterocycles. The van der Waals surface area contributed by atoms with Gasteiger partial charge in [-0.25, -0.2) is 4.98 Å². The van der Waals surface area contributed by atoms with Gasteiger partial charge in [-0.2, -0.15) is 0 Å². The van der Waals surface area contributed by atoms with Crippen molar-refractivity contribution in [1.82, 2.24) is 9.88 Å². The predicted octanol–water partition coefficient (Wildman–Crippen LogP) is 3.05. The molecule has 28 heavy (non-hydrogen) atoms. The van der Waals surface area contributed by atoms with Gasteiger partial charge in [0.15, 0.2) is 0 Å². The van der Waals surface area contributed by atoms with Gasteiger partial charge in [0.25, 0.3) is 0 Å². The van der Waals surface area contributed by atoms with Gasteiger partial charge in [-0.15, -0.1) is 0 Å². The standard InChI is InChI=1S/C22H26N4O2/c1-4-21(28)26-13-22(14-26)11-15(12-22)9-20(27)24-18-10-19(25(2)3)23-17-8-6-5-7-16(17)18/h4-8,10,15H,1,9,11-14H2,2-3H3,(H,23,24,27). The van der Waals surface area contributed by atoms with Crippen molar-refractivity contribution in [2.24, 2.45) is 11.3 Å². The first-order valence-corrected chi connectivity index (χ1v) is 9.67. The van der Waals surface area contributed by atoms with Crippen molar-refractivity contribution in [2.75, 3.05) is 37.4 Å². The number of pyridine rings is 1. The molecule has 1 saturated carbocycles. The number of aromatic nitrogens is 1. The van der Waals surface area contributed by atoms with Crippen molar-refractivity contribution in [2.45, 2.75) is 19.3 Å². The minimum absolute atomic E-state index is 0.00748. The Bertz CT molecular complexity index is 939. The Hall–Kier alpha value is -2.89. The zero-order valence-electron chi connectivity index (χ0n) is 16.4. The summed E-state index contributed by atoms with van der Waals surface area (Å²) in [4.78, 5) is 32.7. The summed E-state index contributed by atoms with van der Waals surface area (Å²) < 4.78 is 0. The molecule has 2 aromatic rings. The highest BCUT2D eigenvalue weighted by Crippen LogP contribution is 2.53. The summed E-state index contributed by atoms with van der Waals surface area (Å²) in [7, 11) is 3.88. The Morgan fingerprint density at radius 1 is 1.32 bits per heavy atom. The third kappa shape index (κ3) is 3.35. The normalized spacial score (nSPS) is 17.7. The molecule has 1 saturated heterocycles. The average molecular weight is 378 g/mol. The number of carbonyl (C=O) groups is 2. The fourth-order valence-corrected chi connectivity index (χ4v) is 4.57. The number of rotatable bonds is 5. The maximum atomic E-state index is 12.7. The van der Waals surface area contributed by atoms with E-state index in [1.165, 1.54) is 6.08 Å². The molecule has 2 aliphatic rings. The third-order valence-electron chi connectivity index (χ3n) is 5.89. The quantitative estimate of drug-likeness (QED) is 0.812. The molecule has 146 valence electrons. The van der Waals surface area contributed by atoms with Crippen LogP contribution in [-0.2, 0) is 9.59 Å². The van der Waals surface area contributed by atoms with E-state index in [1.807, 2.05) is 54.2 Å². The molecule has 1 spiro atoms. The van der Waals surface area contributed by atoms with Crippen LogP contribution in [0.1, 0.15) is 19.3 Å². The van der Waals surface area contributed by atoms with Gasteiger partial charge in [0, 0.05) is 50.5 Å². The van der Waals surface area contributed by atoms with Crippen LogP contribution in [-0.4, -0.2) is 48.9 Å². The molecule has 2 heterocycles. The summed E-state index contributed by atoms with van der Waals surface area (Å²) in [6.07, 6.45) is 3.92. The molecule has 0 unspecified atom stereocenters. The lowest BCUT2D eigenvalue weighted by molar-refractivity contribution is -0.151. The largest absolute Gasteiger partial charge is 0.363 e. The van der Waals surface area contributed by atoms with Crippen LogP contribution in [0.5, 0.6) is 0 Å². The molecule has 4 rings (SSSR count). The van der Waals surface area contributed by atoms with E-state index >= 15 is 0 Å². The van der Waals surface area contributed by atoms with E-state index in [4.69, 9.17) is 0 Å². The number of amides is 2. The van der Waals surface area contributed by atoms with E-state index in [9.17, 15) is 9.59 Å². The van der Waals surface area contributed by atoms with Crippen LogP contribution in [0.15, 0.2) is 43.0 Å². The van der Waals surface area contributed by atoms with E-state index in [0.29, 0.717) is 12.3 Å². The van der Waals surface area contributed by atoms with E-state index in [-0.39, 0.29) is 17.2 Å². The zero-order chi connectivity index (χ0) is 19.9. The highest BCUT2D eigenvalue weighted by Gasteiger charge is 2.53. The van der Waals surface area contributed by atoms with Crippen molar-refractivity contribution >= 4 is 34.2 Å². The Labute approximate surface area is 165 Å². The molecular weight excluding hydrogens is 352 g/mol. The molecular formula is C22H26N4O2. The Morgan fingerprint density at radius 2 is 2.04 bits per heavy atom. The topological polar surface area (TPSA) is 65.5 Å². The molecule has 6 nitrogen and oxygen atoms in total. The first-order valence-electron chi connectivity index (χ1n) is 9.67. The molecule has 1 aromatic carbocycles. The fraction of sp³-hybridized carbons (Fsp3) is 0.409. The first-order chi connectivity index (χ1) is 13.4. The maximum Gasteiger partial charge on any atom is 0.245 e. The monoisotopic (exact) mass is 378 g/mol. The summed E-state index contributed by atoms with van der Waals surface area (Å²) in [5.74, 6) is 1.26. The number of anilines is 2. The van der Waals surface area contributed by atoms with Gasteiger partial charge in [0.05, 0.1) is 11.2 Å². The number of hydrogen-bond acceptors (Lipinski definition) is 4. The van der Waals surface area contributed by atoms with Crippen LogP contribution < -0.4 is 10.2 Å². The van der Waals surface area contributed by atoms with Gasteiger partial charge in [-0.05, 0) is 30.9 Å². The summed E-state index contributed by atoms with van der Waals surface area (Å²) in [6, 6.07) is 9.77. The van der Waals surface area contributed by atoms with Gasteiger partial charge in [-0.1, -0.05) is 24.8 Å². The smallest absolute Gasteiger partial charge is 0.245 e. The van der Waals surface area contributed by atoms with Gasteiger partial charge < -0.3 is 15.1 Å². The number of likely N-dealkylation sites (tertiary alicyclic amines) is 1. The van der Waals surface area contributed by atoms with Gasteiger partial charge in [0.1, 0.15) is 5.82 Å². The van der Waals surface area contributed by atoms with Crippen LogP contribution in [0.2, 0.25) is 0 Å². The van der Waals surface area contributed by atoms with E-state index < -0.39 is 0 Å². The molecule has 1 aliphatic carbocycles. The highest BCUT2D eigenvalue weighted by molar-refractivity contribution is 6.02. The van der Waals surface area contributed by atoms with Crippen LogP contribution in [0.3, 0.4) is 0 Å². The number of fused-ring (bicyclic) bond motifs is 1. The van der Waals surface area contributed by atoms with Crippen LogP contribution in [0.4, 0.5) is 11.5 Å². The molecule has 1 N–H and O–H groups in total.